The number of nitrogens with zero attached hydrogens (tertiary/aromatic N) is 1. The van der Waals surface area contributed by atoms with Gasteiger partial charge in [-0.15, -0.1) is 0 Å². The first-order valence-electron chi connectivity index (χ1n) is 6.82. The summed E-state index contributed by atoms with van der Waals surface area (Å²) < 4.78 is 0.997. The second kappa shape index (κ2) is 6.15. The van der Waals surface area contributed by atoms with Gasteiger partial charge in [0.15, 0.2) is 0 Å². The number of benzene rings is 1. The average Bonchev–Trinajstić information content (AvgIpc) is 2.77. The first kappa shape index (κ1) is 16.0. The third kappa shape index (κ3) is 3.83. The predicted molar refractivity (Wildman–Crippen MR) is 84.3 cm³/mol. The first-order valence-corrected chi connectivity index (χ1v) is 7.61. The molecule has 2 N–H and O–H groups in total. The molecule has 5 nitrogen and oxygen atoms in total. The highest BCUT2D eigenvalue weighted by atomic mass is 79.9. The molecular formula is C15H19BrN2O3. The van der Waals surface area contributed by atoms with E-state index >= 15 is 0 Å². The lowest BCUT2D eigenvalue weighted by atomic mass is 9.90. The molecule has 21 heavy (non-hydrogen) atoms. The topological polar surface area (TPSA) is 69.6 Å². The van der Waals surface area contributed by atoms with Gasteiger partial charge in [-0.2, -0.15) is 0 Å². The summed E-state index contributed by atoms with van der Waals surface area (Å²) in [6.07, 6.45) is 0.576. The van der Waals surface area contributed by atoms with Gasteiger partial charge in [0.1, 0.15) is 0 Å². The van der Waals surface area contributed by atoms with Gasteiger partial charge in [0.2, 0.25) is 5.91 Å². The molecule has 1 saturated heterocycles. The number of aryl methyl sites for hydroxylation is 1. The minimum Gasteiger partial charge on any atom is -0.481 e. The normalized spacial score (nSPS) is 22.2. The van der Waals surface area contributed by atoms with E-state index in [0.717, 1.165) is 15.7 Å². The van der Waals surface area contributed by atoms with Crippen molar-refractivity contribution in [1.82, 2.24) is 4.90 Å². The summed E-state index contributed by atoms with van der Waals surface area (Å²) in [7, 11) is 0. The molecule has 1 aliphatic rings. The summed E-state index contributed by atoms with van der Waals surface area (Å²) in [4.78, 5) is 25.1. The molecule has 1 aliphatic heterocycles. The summed E-state index contributed by atoms with van der Waals surface area (Å²) >= 11 is 3.42. The number of nitrogens with one attached hydrogen (secondary N) is 1. The Bertz CT molecular complexity index is 576. The van der Waals surface area contributed by atoms with E-state index in [1.165, 1.54) is 0 Å². The number of carboxylic acid groups (broad SMARTS) is 1. The molecule has 1 atom stereocenters. The molecule has 0 spiro atoms. The Kier molecular flexibility index (Phi) is 4.68. The second-order valence-electron chi connectivity index (χ2n) is 5.84. The van der Waals surface area contributed by atoms with Gasteiger partial charge in [-0.05, 0) is 50.6 Å². The summed E-state index contributed by atoms with van der Waals surface area (Å²) in [6, 6.07) is 5.62. The molecule has 0 saturated carbocycles. The van der Waals surface area contributed by atoms with E-state index in [1.807, 2.05) is 30.0 Å². The minimum atomic E-state index is -0.797. The number of anilines is 1. The fourth-order valence-electron chi connectivity index (χ4n) is 2.49. The van der Waals surface area contributed by atoms with Crippen LogP contribution in [0.5, 0.6) is 0 Å². The van der Waals surface area contributed by atoms with Crippen LogP contribution in [0.15, 0.2) is 22.7 Å². The van der Waals surface area contributed by atoms with E-state index in [9.17, 15) is 14.7 Å². The molecule has 1 aromatic rings. The number of carbonyl (C=O) groups is 2. The summed E-state index contributed by atoms with van der Waals surface area (Å²) in [5.41, 5.74) is 1.06. The van der Waals surface area contributed by atoms with E-state index in [4.69, 9.17) is 0 Å². The zero-order valence-electron chi connectivity index (χ0n) is 12.1. The van der Waals surface area contributed by atoms with Gasteiger partial charge in [-0.25, -0.2) is 0 Å². The van der Waals surface area contributed by atoms with Gasteiger partial charge in [0.25, 0.3) is 0 Å². The fraction of sp³-hybridized carbons (Fsp3) is 0.467. The quantitative estimate of drug-likeness (QED) is 0.871. The van der Waals surface area contributed by atoms with Crippen molar-refractivity contribution >= 4 is 33.5 Å². The smallest absolute Gasteiger partial charge is 0.310 e. The molecule has 1 amide bonds. The zero-order chi connectivity index (χ0) is 15.6. The van der Waals surface area contributed by atoms with Crippen LogP contribution in [0, 0.1) is 12.3 Å². The highest BCUT2D eigenvalue weighted by Crippen LogP contribution is 2.29. The van der Waals surface area contributed by atoms with Crippen LogP contribution in [0.2, 0.25) is 0 Å². The standard InChI is InChI=1S/C15H19BrN2O3/c1-10-7-11(3-4-12(10)16)17-13(19)8-18-6-5-15(2,9-18)14(20)21/h3-4,7H,5-6,8-9H2,1-2H3,(H,17,19)(H,20,21). The van der Waals surface area contributed by atoms with Crippen molar-refractivity contribution in [3.05, 3.63) is 28.2 Å². The van der Waals surface area contributed by atoms with Crippen molar-refractivity contribution in [2.45, 2.75) is 20.3 Å². The van der Waals surface area contributed by atoms with Crippen LogP contribution in [-0.2, 0) is 9.59 Å². The number of likely N-dealkylation sites (tertiary alicyclic amines) is 1. The zero-order valence-corrected chi connectivity index (χ0v) is 13.7. The number of carbonyl (C=O) groups excluding carboxylic acids is 1. The predicted octanol–water partition coefficient (Wildman–Crippen LogP) is 2.49. The maximum absolute atomic E-state index is 12.0. The molecule has 0 aromatic heterocycles. The van der Waals surface area contributed by atoms with E-state index in [2.05, 4.69) is 21.2 Å². The van der Waals surface area contributed by atoms with E-state index < -0.39 is 11.4 Å². The molecule has 6 heteroatoms. The SMILES string of the molecule is Cc1cc(NC(=O)CN2CCC(C)(C(=O)O)C2)ccc1Br. The molecule has 0 aliphatic carbocycles. The maximum Gasteiger partial charge on any atom is 0.310 e. The van der Waals surface area contributed by atoms with Gasteiger partial charge in [-0.3, -0.25) is 14.5 Å². The number of aliphatic carboxylic acids is 1. The van der Waals surface area contributed by atoms with Crippen LogP contribution >= 0.6 is 15.9 Å². The molecule has 1 aromatic carbocycles. The van der Waals surface area contributed by atoms with Crippen molar-refractivity contribution in [3.63, 3.8) is 0 Å². The summed E-state index contributed by atoms with van der Waals surface area (Å²) in [6.45, 7) is 4.95. The highest BCUT2D eigenvalue weighted by molar-refractivity contribution is 9.10. The Morgan fingerprint density at radius 1 is 1.48 bits per heavy atom. The molecule has 0 radical (unpaired) electrons. The van der Waals surface area contributed by atoms with E-state index in [1.54, 1.807) is 6.92 Å². The Morgan fingerprint density at radius 2 is 2.19 bits per heavy atom. The number of hydrogen-bond acceptors (Lipinski definition) is 3. The highest BCUT2D eigenvalue weighted by Gasteiger charge is 2.40. The van der Waals surface area contributed by atoms with Crippen LogP contribution in [0.4, 0.5) is 5.69 Å². The Labute approximate surface area is 132 Å². The van der Waals surface area contributed by atoms with Gasteiger partial charge in [-0.1, -0.05) is 15.9 Å². The average molecular weight is 355 g/mol. The maximum atomic E-state index is 12.0. The minimum absolute atomic E-state index is 0.119. The van der Waals surface area contributed by atoms with Crippen LogP contribution in [0.1, 0.15) is 18.9 Å². The van der Waals surface area contributed by atoms with E-state index in [0.29, 0.717) is 19.5 Å². The molecule has 0 bridgehead atoms. The van der Waals surface area contributed by atoms with Crippen LogP contribution in [-0.4, -0.2) is 41.5 Å². The first-order chi connectivity index (χ1) is 9.80. The Hall–Kier alpha value is -1.40. The number of hydrogen-bond donors (Lipinski definition) is 2. The molecule has 114 valence electrons. The van der Waals surface area contributed by atoms with Gasteiger partial charge in [0.05, 0.1) is 12.0 Å². The number of amides is 1. The molecule has 1 fully saturated rings. The summed E-state index contributed by atoms with van der Waals surface area (Å²) in [5, 5.41) is 12.0. The monoisotopic (exact) mass is 354 g/mol. The number of carboxylic acids is 1. The van der Waals surface area contributed by atoms with Crippen molar-refractivity contribution in [1.29, 1.82) is 0 Å². The number of halogens is 1. The van der Waals surface area contributed by atoms with Crippen LogP contribution < -0.4 is 5.32 Å². The third-order valence-electron chi connectivity index (χ3n) is 3.88. The van der Waals surface area contributed by atoms with Gasteiger partial charge < -0.3 is 10.4 Å². The lowest BCUT2D eigenvalue weighted by Crippen LogP contribution is -2.35. The Morgan fingerprint density at radius 3 is 2.76 bits per heavy atom. The van der Waals surface area contributed by atoms with Gasteiger partial charge >= 0.3 is 5.97 Å². The third-order valence-corrected chi connectivity index (χ3v) is 4.77. The fourth-order valence-corrected chi connectivity index (χ4v) is 2.74. The van der Waals surface area contributed by atoms with E-state index in [-0.39, 0.29) is 12.5 Å². The van der Waals surface area contributed by atoms with Crippen molar-refractivity contribution in [2.24, 2.45) is 5.41 Å². The summed E-state index contributed by atoms with van der Waals surface area (Å²) in [5.74, 6) is -0.916. The Balaban J connectivity index is 1.91. The number of rotatable bonds is 4. The van der Waals surface area contributed by atoms with Crippen molar-refractivity contribution in [3.8, 4) is 0 Å². The molecule has 2 rings (SSSR count). The molecule has 1 unspecified atom stereocenters. The second-order valence-corrected chi connectivity index (χ2v) is 6.69. The van der Waals surface area contributed by atoms with Crippen LogP contribution in [0.25, 0.3) is 0 Å². The lowest BCUT2D eigenvalue weighted by molar-refractivity contribution is -0.147. The van der Waals surface area contributed by atoms with Gasteiger partial charge in [0, 0.05) is 16.7 Å². The lowest BCUT2D eigenvalue weighted by Gasteiger charge is -2.19. The van der Waals surface area contributed by atoms with Crippen molar-refractivity contribution in [2.75, 3.05) is 25.0 Å². The molecule has 1 heterocycles. The molecular weight excluding hydrogens is 336 g/mol. The van der Waals surface area contributed by atoms with Crippen molar-refractivity contribution < 1.29 is 14.7 Å². The largest absolute Gasteiger partial charge is 0.481 e. The van der Waals surface area contributed by atoms with Crippen LogP contribution in [0.3, 0.4) is 0 Å².